The van der Waals surface area contributed by atoms with Gasteiger partial charge in [0.2, 0.25) is 11.5 Å². The van der Waals surface area contributed by atoms with Crippen molar-refractivity contribution in [1.29, 1.82) is 0 Å². The van der Waals surface area contributed by atoms with Gasteiger partial charge in [-0.3, -0.25) is 9.55 Å². The maximum absolute atomic E-state index is 13.6. The Labute approximate surface area is 228 Å². The summed E-state index contributed by atoms with van der Waals surface area (Å²) in [6.07, 6.45) is -0.448. The van der Waals surface area contributed by atoms with E-state index >= 15 is 0 Å². The summed E-state index contributed by atoms with van der Waals surface area (Å²) >= 11 is 6.04. The molecule has 202 valence electrons. The minimum atomic E-state index is -0.780. The molecule has 11 nitrogen and oxygen atoms in total. The van der Waals surface area contributed by atoms with E-state index < -0.39 is 23.3 Å². The van der Waals surface area contributed by atoms with Crippen LogP contribution >= 0.6 is 11.6 Å². The first-order valence-corrected chi connectivity index (χ1v) is 12.7. The highest BCUT2D eigenvalue weighted by Gasteiger charge is 2.33. The zero-order valence-corrected chi connectivity index (χ0v) is 22.4. The first-order chi connectivity index (χ1) is 18.6. The summed E-state index contributed by atoms with van der Waals surface area (Å²) in [4.78, 5) is 33.9. The molecule has 1 N–H and O–H groups in total. The molecule has 1 atom stereocenters. The molecule has 39 heavy (non-hydrogen) atoms. The number of halogens is 1. The molecule has 0 aliphatic carbocycles. The largest absolute Gasteiger partial charge is 0.438 e. The number of aryl methyl sites for hydroxylation is 1. The van der Waals surface area contributed by atoms with Crippen LogP contribution in [0.25, 0.3) is 0 Å². The Morgan fingerprint density at radius 3 is 2.44 bits per heavy atom. The molecule has 2 aromatic carbocycles. The number of rotatable bonds is 7. The maximum atomic E-state index is 13.6. The van der Waals surface area contributed by atoms with Crippen LogP contribution in [-0.2, 0) is 22.6 Å². The van der Waals surface area contributed by atoms with Gasteiger partial charge in [-0.2, -0.15) is 5.10 Å². The summed E-state index contributed by atoms with van der Waals surface area (Å²) in [6, 6.07) is 17.5. The first kappa shape index (κ1) is 26.5. The number of aromatic amines is 1. The molecular weight excluding hydrogens is 524 g/mol. The SMILES string of the molecule is Cc1ccc(Oc2ccc(/N=c3\[nH]c(=O)n(C[C@H]4COC(C)(C)O4)c(=O)n3Cc3ccc(Cl)cc3)cc2)nn1. The second kappa shape index (κ2) is 11.0. The van der Waals surface area contributed by atoms with Crippen LogP contribution in [0.1, 0.15) is 25.1 Å². The smallest absolute Gasteiger partial charge is 0.335 e. The van der Waals surface area contributed by atoms with Crippen LogP contribution in [0.2, 0.25) is 5.02 Å². The zero-order chi connectivity index (χ0) is 27.6. The predicted molar refractivity (Wildman–Crippen MR) is 143 cm³/mol. The van der Waals surface area contributed by atoms with Gasteiger partial charge >= 0.3 is 11.4 Å². The second-order valence-electron chi connectivity index (χ2n) is 9.53. The van der Waals surface area contributed by atoms with E-state index in [-0.39, 0.29) is 25.3 Å². The van der Waals surface area contributed by atoms with Crippen molar-refractivity contribution in [3.8, 4) is 11.6 Å². The third-order valence-electron chi connectivity index (χ3n) is 5.96. The molecule has 1 aliphatic heterocycles. The zero-order valence-electron chi connectivity index (χ0n) is 21.6. The summed E-state index contributed by atoms with van der Waals surface area (Å²) in [5.41, 5.74) is 1.06. The van der Waals surface area contributed by atoms with Crippen molar-refractivity contribution in [2.75, 3.05) is 6.61 Å². The molecule has 5 rings (SSSR count). The Balaban J connectivity index is 1.49. The number of ether oxygens (including phenoxy) is 3. The van der Waals surface area contributed by atoms with E-state index in [9.17, 15) is 9.59 Å². The number of hydrogen-bond acceptors (Lipinski definition) is 8. The quantitative estimate of drug-likeness (QED) is 0.374. The summed E-state index contributed by atoms with van der Waals surface area (Å²) < 4.78 is 19.6. The molecule has 12 heteroatoms. The van der Waals surface area contributed by atoms with Crippen LogP contribution in [0.4, 0.5) is 5.69 Å². The Morgan fingerprint density at radius 1 is 1.05 bits per heavy atom. The van der Waals surface area contributed by atoms with Gasteiger partial charge in [0, 0.05) is 11.1 Å². The fraction of sp³-hybridized carbons (Fsp3) is 0.296. The van der Waals surface area contributed by atoms with Crippen molar-refractivity contribution in [2.24, 2.45) is 4.99 Å². The molecular formula is C27H27ClN6O5. The lowest BCUT2D eigenvalue weighted by Gasteiger charge is -2.17. The number of aromatic nitrogens is 5. The lowest BCUT2D eigenvalue weighted by Crippen LogP contribution is -2.51. The Kier molecular flexibility index (Phi) is 7.47. The molecule has 1 fully saturated rings. The van der Waals surface area contributed by atoms with Gasteiger partial charge in [-0.05, 0) is 68.8 Å². The Bertz CT molecular complexity index is 1640. The van der Waals surface area contributed by atoms with Crippen molar-refractivity contribution >= 4 is 17.3 Å². The predicted octanol–water partition coefficient (Wildman–Crippen LogP) is 3.31. The third-order valence-corrected chi connectivity index (χ3v) is 6.21. The molecule has 0 unspecified atom stereocenters. The molecule has 0 bridgehead atoms. The summed E-state index contributed by atoms with van der Waals surface area (Å²) in [5, 5.41) is 8.54. The molecule has 0 amide bonds. The molecule has 0 saturated carbocycles. The van der Waals surface area contributed by atoms with E-state index in [0.717, 1.165) is 15.8 Å². The number of nitrogens with zero attached hydrogens (tertiary/aromatic N) is 5. The van der Waals surface area contributed by atoms with Crippen LogP contribution in [0.3, 0.4) is 0 Å². The fourth-order valence-corrected chi connectivity index (χ4v) is 4.17. The summed E-state index contributed by atoms with van der Waals surface area (Å²) in [6.45, 7) is 5.87. The maximum Gasteiger partial charge on any atom is 0.335 e. The van der Waals surface area contributed by atoms with Gasteiger partial charge in [-0.1, -0.05) is 23.7 Å². The van der Waals surface area contributed by atoms with Gasteiger partial charge in [0.05, 0.1) is 31.1 Å². The van der Waals surface area contributed by atoms with Gasteiger partial charge in [0.1, 0.15) is 11.9 Å². The molecule has 4 aromatic rings. The average Bonchev–Trinajstić information content (AvgIpc) is 3.26. The van der Waals surface area contributed by atoms with Crippen LogP contribution in [0, 0.1) is 6.92 Å². The normalized spacial score (nSPS) is 16.9. The topological polar surface area (TPSA) is 126 Å². The average molecular weight is 551 g/mol. The molecule has 1 saturated heterocycles. The second-order valence-corrected chi connectivity index (χ2v) is 9.97. The van der Waals surface area contributed by atoms with Crippen LogP contribution in [0.5, 0.6) is 11.6 Å². The molecule has 0 spiro atoms. The van der Waals surface area contributed by atoms with Crippen molar-refractivity contribution in [3.05, 3.63) is 104 Å². The molecule has 1 aliphatic rings. The highest BCUT2D eigenvalue weighted by molar-refractivity contribution is 6.30. The van der Waals surface area contributed by atoms with E-state index in [4.69, 9.17) is 25.8 Å². The van der Waals surface area contributed by atoms with Gasteiger partial charge in [0.15, 0.2) is 5.79 Å². The van der Waals surface area contributed by atoms with Crippen LogP contribution in [-0.4, -0.2) is 42.8 Å². The first-order valence-electron chi connectivity index (χ1n) is 12.3. The highest BCUT2D eigenvalue weighted by atomic mass is 35.5. The number of nitrogens with one attached hydrogen (secondary N) is 1. The lowest BCUT2D eigenvalue weighted by molar-refractivity contribution is -0.139. The summed E-state index contributed by atoms with van der Waals surface area (Å²) in [5.74, 6) is 0.114. The molecule has 3 heterocycles. The van der Waals surface area contributed by atoms with E-state index in [1.165, 1.54) is 4.57 Å². The number of benzene rings is 2. The van der Waals surface area contributed by atoms with Gasteiger partial charge in [-0.25, -0.2) is 19.1 Å². The van der Waals surface area contributed by atoms with E-state index in [2.05, 4.69) is 20.2 Å². The standard InChI is InChI=1S/C27H27ClN6O5/c1-17-4-13-23(32-31-17)38-21-11-9-20(10-12-21)29-24-30-25(35)34(15-22-16-37-27(2,3)39-22)26(36)33(24)14-18-5-7-19(28)8-6-18/h4-13,22H,14-16H2,1-3H3,(H,29,30,35)/t22-/m0/s1. The van der Waals surface area contributed by atoms with Crippen LogP contribution in [0.15, 0.2) is 75.2 Å². The monoisotopic (exact) mass is 550 g/mol. The third kappa shape index (κ3) is 6.51. The van der Waals surface area contributed by atoms with Gasteiger partial charge in [-0.15, -0.1) is 5.10 Å². The van der Waals surface area contributed by atoms with Crippen molar-refractivity contribution in [1.82, 2.24) is 24.3 Å². The van der Waals surface area contributed by atoms with Crippen molar-refractivity contribution < 1.29 is 14.2 Å². The highest BCUT2D eigenvalue weighted by Crippen LogP contribution is 2.23. The van der Waals surface area contributed by atoms with Gasteiger partial charge < -0.3 is 14.2 Å². The van der Waals surface area contributed by atoms with E-state index in [0.29, 0.717) is 22.3 Å². The Hall–Kier alpha value is -4.06. The number of H-pyrrole nitrogens is 1. The summed E-state index contributed by atoms with van der Waals surface area (Å²) in [7, 11) is 0. The van der Waals surface area contributed by atoms with Crippen molar-refractivity contribution in [2.45, 2.75) is 45.8 Å². The molecule has 2 aromatic heterocycles. The van der Waals surface area contributed by atoms with Crippen molar-refractivity contribution in [3.63, 3.8) is 0 Å². The lowest BCUT2D eigenvalue weighted by atomic mass is 10.2. The minimum Gasteiger partial charge on any atom is -0.438 e. The number of hydrogen-bond donors (Lipinski definition) is 1. The Morgan fingerprint density at radius 2 is 1.79 bits per heavy atom. The fourth-order valence-electron chi connectivity index (χ4n) is 4.05. The van der Waals surface area contributed by atoms with E-state index in [1.807, 2.05) is 19.1 Å². The van der Waals surface area contributed by atoms with Crippen LogP contribution < -0.4 is 21.7 Å². The minimum absolute atomic E-state index is 0.0342. The molecule has 0 radical (unpaired) electrons. The van der Waals surface area contributed by atoms with E-state index in [1.54, 1.807) is 62.4 Å². The van der Waals surface area contributed by atoms with Gasteiger partial charge in [0.25, 0.3) is 0 Å².